The molecule has 1 heterocycles. The van der Waals surface area contributed by atoms with E-state index in [2.05, 4.69) is 15.9 Å². The van der Waals surface area contributed by atoms with Crippen LogP contribution in [0.5, 0.6) is 11.5 Å². The minimum atomic E-state index is -0.834. The van der Waals surface area contributed by atoms with Gasteiger partial charge in [0, 0.05) is 4.47 Å². The molecule has 1 aliphatic heterocycles. The zero-order valence-corrected chi connectivity index (χ0v) is 16.5. The number of ether oxygens (including phenoxy) is 2. The Labute approximate surface area is 169 Å². The molecule has 0 aromatic heterocycles. The van der Waals surface area contributed by atoms with E-state index in [0.717, 1.165) is 10.0 Å². The molecule has 0 atom stereocenters. The Morgan fingerprint density at radius 3 is 2.25 bits per heavy atom. The third-order valence-electron chi connectivity index (χ3n) is 3.83. The molecule has 0 saturated carbocycles. The quantitative estimate of drug-likeness (QED) is 0.527. The molecule has 2 aromatic rings. The van der Waals surface area contributed by atoms with Gasteiger partial charge in [-0.05, 0) is 48.4 Å². The van der Waals surface area contributed by atoms with Crippen molar-refractivity contribution in [1.29, 1.82) is 0 Å². The molecule has 1 aliphatic rings. The minimum Gasteiger partial charge on any atom is -0.490 e. The Balaban J connectivity index is 1.81. The SMILES string of the molecule is CCOc1cc(C=C2C(=O)NC(=O)NC2=O)ccc1OCc1ccc(Br)cc1. The van der Waals surface area contributed by atoms with Crippen molar-refractivity contribution in [3.8, 4) is 11.5 Å². The van der Waals surface area contributed by atoms with Crippen molar-refractivity contribution in [2.45, 2.75) is 13.5 Å². The van der Waals surface area contributed by atoms with Crippen LogP contribution in [0, 0.1) is 0 Å². The van der Waals surface area contributed by atoms with Crippen molar-refractivity contribution in [3.05, 3.63) is 63.6 Å². The van der Waals surface area contributed by atoms with E-state index in [4.69, 9.17) is 9.47 Å². The number of halogens is 1. The zero-order chi connectivity index (χ0) is 20.1. The van der Waals surface area contributed by atoms with Crippen LogP contribution in [0.4, 0.5) is 4.79 Å². The second-order valence-electron chi connectivity index (χ2n) is 5.85. The number of carbonyl (C=O) groups excluding carboxylic acids is 3. The summed E-state index contributed by atoms with van der Waals surface area (Å²) >= 11 is 3.39. The summed E-state index contributed by atoms with van der Waals surface area (Å²) in [6.07, 6.45) is 1.39. The zero-order valence-electron chi connectivity index (χ0n) is 15.0. The highest BCUT2D eigenvalue weighted by molar-refractivity contribution is 9.10. The largest absolute Gasteiger partial charge is 0.490 e. The normalized spacial score (nSPS) is 13.6. The van der Waals surface area contributed by atoms with Gasteiger partial charge in [-0.2, -0.15) is 0 Å². The molecule has 7 nitrogen and oxygen atoms in total. The Hall–Kier alpha value is -3.13. The molecule has 1 saturated heterocycles. The maximum absolute atomic E-state index is 11.9. The van der Waals surface area contributed by atoms with Crippen LogP contribution in [0.25, 0.3) is 6.08 Å². The first-order valence-corrected chi connectivity index (χ1v) is 9.28. The fraction of sp³-hybridized carbons (Fsp3) is 0.150. The smallest absolute Gasteiger partial charge is 0.328 e. The van der Waals surface area contributed by atoms with Gasteiger partial charge in [0.25, 0.3) is 11.8 Å². The number of rotatable bonds is 6. The molecule has 4 amide bonds. The van der Waals surface area contributed by atoms with E-state index in [1.807, 2.05) is 41.8 Å². The second-order valence-corrected chi connectivity index (χ2v) is 6.77. The second kappa shape index (κ2) is 8.71. The van der Waals surface area contributed by atoms with Crippen molar-refractivity contribution < 1.29 is 23.9 Å². The van der Waals surface area contributed by atoms with E-state index in [1.165, 1.54) is 6.08 Å². The van der Waals surface area contributed by atoms with Gasteiger partial charge in [0.2, 0.25) is 0 Å². The fourth-order valence-electron chi connectivity index (χ4n) is 2.52. The predicted molar refractivity (Wildman–Crippen MR) is 106 cm³/mol. The van der Waals surface area contributed by atoms with Crippen LogP contribution < -0.4 is 20.1 Å². The van der Waals surface area contributed by atoms with Crippen molar-refractivity contribution in [2.24, 2.45) is 0 Å². The molecule has 0 bridgehead atoms. The highest BCUT2D eigenvalue weighted by Gasteiger charge is 2.27. The number of nitrogens with one attached hydrogen (secondary N) is 2. The van der Waals surface area contributed by atoms with Gasteiger partial charge < -0.3 is 9.47 Å². The molecule has 0 unspecified atom stereocenters. The lowest BCUT2D eigenvalue weighted by atomic mass is 10.1. The van der Waals surface area contributed by atoms with Gasteiger partial charge in [0.05, 0.1) is 6.61 Å². The van der Waals surface area contributed by atoms with E-state index in [1.54, 1.807) is 18.2 Å². The average molecular weight is 445 g/mol. The van der Waals surface area contributed by atoms with Crippen LogP contribution >= 0.6 is 15.9 Å². The number of urea groups is 1. The van der Waals surface area contributed by atoms with E-state index < -0.39 is 17.8 Å². The Morgan fingerprint density at radius 1 is 0.929 bits per heavy atom. The summed E-state index contributed by atoms with van der Waals surface area (Å²) in [5.41, 5.74) is 1.40. The third-order valence-corrected chi connectivity index (χ3v) is 4.36. The Bertz CT molecular complexity index is 932. The summed E-state index contributed by atoms with van der Waals surface area (Å²) < 4.78 is 12.5. The van der Waals surface area contributed by atoms with Gasteiger partial charge >= 0.3 is 6.03 Å². The standard InChI is InChI=1S/C20H17BrN2O5/c1-2-27-17-10-13(9-15-18(24)22-20(26)23-19(15)25)5-8-16(17)28-11-12-3-6-14(21)7-4-12/h3-10H,2,11H2,1H3,(H2,22,23,24,25,26). The highest BCUT2D eigenvalue weighted by Crippen LogP contribution is 2.30. The van der Waals surface area contributed by atoms with E-state index in [0.29, 0.717) is 30.3 Å². The van der Waals surface area contributed by atoms with Crippen molar-refractivity contribution >= 4 is 39.9 Å². The third kappa shape index (κ3) is 4.77. The highest BCUT2D eigenvalue weighted by atomic mass is 79.9. The molecule has 3 rings (SSSR count). The topological polar surface area (TPSA) is 93.7 Å². The first-order valence-electron chi connectivity index (χ1n) is 8.48. The molecule has 0 radical (unpaired) electrons. The van der Waals surface area contributed by atoms with Gasteiger partial charge in [-0.15, -0.1) is 0 Å². The summed E-state index contributed by atoms with van der Waals surface area (Å²) in [5.74, 6) is -0.467. The first-order chi connectivity index (χ1) is 13.5. The van der Waals surface area contributed by atoms with Crippen molar-refractivity contribution in [3.63, 3.8) is 0 Å². The number of imide groups is 2. The van der Waals surface area contributed by atoms with E-state index in [-0.39, 0.29) is 5.57 Å². The molecule has 8 heteroatoms. The monoisotopic (exact) mass is 444 g/mol. The van der Waals surface area contributed by atoms with Crippen LogP contribution in [0.2, 0.25) is 0 Å². The lowest BCUT2D eigenvalue weighted by molar-refractivity contribution is -0.123. The van der Waals surface area contributed by atoms with Crippen molar-refractivity contribution in [1.82, 2.24) is 10.6 Å². The molecule has 2 aromatic carbocycles. The fourth-order valence-corrected chi connectivity index (χ4v) is 2.78. The molecule has 1 fully saturated rings. The summed E-state index contributed by atoms with van der Waals surface area (Å²) in [7, 11) is 0. The van der Waals surface area contributed by atoms with Crippen LogP contribution in [-0.2, 0) is 16.2 Å². The molecule has 28 heavy (non-hydrogen) atoms. The van der Waals surface area contributed by atoms with Gasteiger partial charge in [-0.1, -0.05) is 34.1 Å². The summed E-state index contributed by atoms with van der Waals surface area (Å²) in [6, 6.07) is 12.0. The molecule has 2 N–H and O–H groups in total. The lowest BCUT2D eigenvalue weighted by Gasteiger charge is -2.15. The molecule has 144 valence electrons. The van der Waals surface area contributed by atoms with Gasteiger partial charge in [-0.25, -0.2) is 4.79 Å². The molecular weight excluding hydrogens is 428 g/mol. The number of benzene rings is 2. The summed E-state index contributed by atoms with van der Waals surface area (Å²) in [4.78, 5) is 34.9. The average Bonchev–Trinajstić information content (AvgIpc) is 2.65. The van der Waals surface area contributed by atoms with E-state index in [9.17, 15) is 14.4 Å². The predicted octanol–water partition coefficient (Wildman–Crippen LogP) is 3.18. The van der Waals surface area contributed by atoms with Crippen LogP contribution in [0.15, 0.2) is 52.5 Å². The maximum Gasteiger partial charge on any atom is 0.328 e. The molecule has 0 aliphatic carbocycles. The maximum atomic E-state index is 11.9. The van der Waals surface area contributed by atoms with Crippen LogP contribution in [0.3, 0.4) is 0 Å². The molecular formula is C20H17BrN2O5. The van der Waals surface area contributed by atoms with Gasteiger partial charge in [-0.3, -0.25) is 20.2 Å². The number of hydrogen-bond donors (Lipinski definition) is 2. The summed E-state index contributed by atoms with van der Waals surface area (Å²) in [6.45, 7) is 2.63. The number of hydrogen-bond acceptors (Lipinski definition) is 5. The lowest BCUT2D eigenvalue weighted by Crippen LogP contribution is -2.51. The number of amides is 4. The number of barbiturate groups is 1. The minimum absolute atomic E-state index is 0.162. The van der Waals surface area contributed by atoms with Gasteiger partial charge in [0.1, 0.15) is 12.2 Å². The first kappa shape index (κ1) is 19.6. The van der Waals surface area contributed by atoms with Crippen LogP contribution in [0.1, 0.15) is 18.1 Å². The molecule has 0 spiro atoms. The number of carbonyl (C=O) groups is 3. The Kier molecular flexibility index (Phi) is 6.10. The summed E-state index contributed by atoms with van der Waals surface area (Å²) in [5, 5.41) is 4.07. The van der Waals surface area contributed by atoms with E-state index >= 15 is 0 Å². The van der Waals surface area contributed by atoms with Gasteiger partial charge in [0.15, 0.2) is 11.5 Å². The van der Waals surface area contributed by atoms with Crippen molar-refractivity contribution in [2.75, 3.05) is 6.61 Å². The Morgan fingerprint density at radius 2 is 1.61 bits per heavy atom. The van der Waals surface area contributed by atoms with Crippen LogP contribution in [-0.4, -0.2) is 24.5 Å².